The summed E-state index contributed by atoms with van der Waals surface area (Å²) in [4.78, 5) is 4.16. The maximum atomic E-state index is 8.80. The first-order chi connectivity index (χ1) is 6.22. The molecule has 0 radical (unpaired) electrons. The van der Waals surface area contributed by atoms with E-state index in [2.05, 4.69) is 11.1 Å². The molecule has 0 bridgehead atoms. The number of rotatable bonds is 0. The molecule has 0 amide bonds. The van der Waals surface area contributed by atoms with Gasteiger partial charge in [0.15, 0.2) is 11.5 Å². The van der Waals surface area contributed by atoms with Crippen LogP contribution < -0.4 is 0 Å². The Balaban J connectivity index is 2.94. The van der Waals surface area contributed by atoms with Crippen LogP contribution in [0.5, 0.6) is 0 Å². The third-order valence-corrected chi connectivity index (χ3v) is 1.97. The van der Waals surface area contributed by atoms with Crippen molar-refractivity contribution < 1.29 is 4.42 Å². The van der Waals surface area contributed by atoms with Crippen LogP contribution in [0, 0.1) is 25.2 Å². The highest BCUT2D eigenvalue weighted by molar-refractivity contribution is 5.82. The summed E-state index contributed by atoms with van der Waals surface area (Å²) in [5.74, 6) is 0.598. The Hall–Kier alpha value is -1.82. The van der Waals surface area contributed by atoms with E-state index >= 15 is 0 Å². The zero-order valence-electron chi connectivity index (χ0n) is 7.46. The summed E-state index contributed by atoms with van der Waals surface area (Å²) >= 11 is 0. The Labute approximate surface area is 75.6 Å². The molecular formula is C10H8N2O. The van der Waals surface area contributed by atoms with Crippen molar-refractivity contribution in [2.45, 2.75) is 13.8 Å². The van der Waals surface area contributed by atoms with Gasteiger partial charge in [0.2, 0.25) is 0 Å². The molecular weight excluding hydrogens is 164 g/mol. The highest BCUT2D eigenvalue weighted by Gasteiger charge is 2.09. The zero-order chi connectivity index (χ0) is 9.42. The Morgan fingerprint density at radius 2 is 2.15 bits per heavy atom. The number of nitriles is 1. The van der Waals surface area contributed by atoms with Crippen molar-refractivity contribution >= 4 is 11.1 Å². The van der Waals surface area contributed by atoms with Crippen molar-refractivity contribution in [3.63, 3.8) is 0 Å². The van der Waals surface area contributed by atoms with Crippen LogP contribution in [0.4, 0.5) is 0 Å². The molecule has 1 heterocycles. The van der Waals surface area contributed by atoms with Crippen molar-refractivity contribution in [1.82, 2.24) is 4.98 Å². The van der Waals surface area contributed by atoms with Gasteiger partial charge in [0.05, 0.1) is 5.56 Å². The minimum Gasteiger partial charge on any atom is -0.441 e. The van der Waals surface area contributed by atoms with Gasteiger partial charge in [-0.05, 0) is 18.6 Å². The summed E-state index contributed by atoms with van der Waals surface area (Å²) in [5.41, 5.74) is 2.96. The van der Waals surface area contributed by atoms with Crippen LogP contribution in [0.25, 0.3) is 11.1 Å². The third-order valence-electron chi connectivity index (χ3n) is 1.97. The van der Waals surface area contributed by atoms with E-state index in [1.165, 1.54) is 0 Å². The Kier molecular flexibility index (Phi) is 1.56. The summed E-state index contributed by atoms with van der Waals surface area (Å²) in [6.07, 6.45) is 0. The van der Waals surface area contributed by atoms with E-state index in [1.807, 2.05) is 13.0 Å². The molecule has 64 valence electrons. The molecule has 0 N–H and O–H groups in total. The number of nitrogens with zero attached hydrogens (tertiary/aromatic N) is 2. The van der Waals surface area contributed by atoms with Crippen LogP contribution in [0.3, 0.4) is 0 Å². The zero-order valence-corrected chi connectivity index (χ0v) is 7.46. The van der Waals surface area contributed by atoms with Crippen molar-refractivity contribution in [3.8, 4) is 6.07 Å². The van der Waals surface area contributed by atoms with Gasteiger partial charge in [-0.3, -0.25) is 0 Å². The molecule has 0 aliphatic heterocycles. The third kappa shape index (κ3) is 1.07. The van der Waals surface area contributed by atoms with E-state index in [1.54, 1.807) is 13.0 Å². The molecule has 2 rings (SSSR count). The van der Waals surface area contributed by atoms with Gasteiger partial charge in [0.1, 0.15) is 11.6 Å². The van der Waals surface area contributed by atoms with Gasteiger partial charge in [-0.15, -0.1) is 0 Å². The predicted octanol–water partition coefficient (Wildman–Crippen LogP) is 2.32. The fourth-order valence-electron chi connectivity index (χ4n) is 1.33. The molecule has 0 saturated heterocycles. The molecule has 0 atom stereocenters. The Bertz CT molecular complexity index is 505. The molecule has 1 aromatic carbocycles. The quantitative estimate of drug-likeness (QED) is 0.612. The first-order valence-electron chi connectivity index (χ1n) is 3.99. The Morgan fingerprint density at radius 3 is 2.85 bits per heavy atom. The summed E-state index contributed by atoms with van der Waals surface area (Å²) in [6, 6.07) is 5.72. The summed E-state index contributed by atoms with van der Waals surface area (Å²) in [5, 5.41) is 8.80. The molecule has 2 aromatic rings. The second-order valence-electron chi connectivity index (χ2n) is 2.95. The molecule has 0 fully saturated rings. The van der Waals surface area contributed by atoms with Crippen LogP contribution in [-0.2, 0) is 0 Å². The molecule has 0 unspecified atom stereocenters. The van der Waals surface area contributed by atoms with Gasteiger partial charge in [-0.1, -0.05) is 6.07 Å². The minimum absolute atomic E-state index is 0.567. The van der Waals surface area contributed by atoms with Gasteiger partial charge < -0.3 is 4.42 Å². The lowest BCUT2D eigenvalue weighted by atomic mass is 10.1. The standard InChI is InChI=1S/C10H8N2O/c1-6-3-4-8(5-11)9-10(6)13-7(2)12-9/h3-4H,1-2H3. The monoisotopic (exact) mass is 172 g/mol. The van der Waals surface area contributed by atoms with E-state index in [-0.39, 0.29) is 0 Å². The maximum Gasteiger partial charge on any atom is 0.192 e. The van der Waals surface area contributed by atoms with Crippen molar-refractivity contribution in [2.75, 3.05) is 0 Å². The Morgan fingerprint density at radius 1 is 1.38 bits per heavy atom. The highest BCUT2D eigenvalue weighted by atomic mass is 16.3. The van der Waals surface area contributed by atoms with E-state index in [9.17, 15) is 0 Å². The van der Waals surface area contributed by atoms with Crippen molar-refractivity contribution in [2.24, 2.45) is 0 Å². The fraction of sp³-hybridized carbons (Fsp3) is 0.200. The molecule has 3 nitrogen and oxygen atoms in total. The largest absolute Gasteiger partial charge is 0.441 e. The first kappa shape index (κ1) is 7.81. The number of fused-ring (bicyclic) bond motifs is 1. The van der Waals surface area contributed by atoms with Crippen molar-refractivity contribution in [1.29, 1.82) is 5.26 Å². The van der Waals surface area contributed by atoms with Crippen molar-refractivity contribution in [3.05, 3.63) is 29.2 Å². The number of benzene rings is 1. The van der Waals surface area contributed by atoms with Gasteiger partial charge >= 0.3 is 0 Å². The normalized spacial score (nSPS) is 10.2. The number of aromatic nitrogens is 1. The highest BCUT2D eigenvalue weighted by Crippen LogP contribution is 2.22. The lowest BCUT2D eigenvalue weighted by Crippen LogP contribution is -1.80. The van der Waals surface area contributed by atoms with Crippen LogP contribution >= 0.6 is 0 Å². The fourth-order valence-corrected chi connectivity index (χ4v) is 1.33. The van der Waals surface area contributed by atoms with Gasteiger partial charge in [-0.2, -0.15) is 5.26 Å². The van der Waals surface area contributed by atoms with Crippen LogP contribution in [0.15, 0.2) is 16.5 Å². The molecule has 0 aliphatic rings. The maximum absolute atomic E-state index is 8.80. The van der Waals surface area contributed by atoms with E-state index < -0.39 is 0 Å². The van der Waals surface area contributed by atoms with Crippen LogP contribution in [0.2, 0.25) is 0 Å². The molecule has 1 aromatic heterocycles. The second-order valence-corrected chi connectivity index (χ2v) is 2.95. The van der Waals surface area contributed by atoms with Gasteiger partial charge in [0.25, 0.3) is 0 Å². The lowest BCUT2D eigenvalue weighted by molar-refractivity contribution is 0.559. The molecule has 0 spiro atoms. The lowest BCUT2D eigenvalue weighted by Gasteiger charge is -1.93. The van der Waals surface area contributed by atoms with E-state index in [4.69, 9.17) is 9.68 Å². The van der Waals surface area contributed by atoms with Gasteiger partial charge in [0, 0.05) is 6.92 Å². The predicted molar refractivity (Wildman–Crippen MR) is 48.2 cm³/mol. The summed E-state index contributed by atoms with van der Waals surface area (Å²) in [7, 11) is 0. The average Bonchev–Trinajstić information content (AvgIpc) is 2.48. The van der Waals surface area contributed by atoms with E-state index in [0.717, 1.165) is 11.1 Å². The molecule has 13 heavy (non-hydrogen) atoms. The molecule has 0 aliphatic carbocycles. The molecule has 3 heteroatoms. The minimum atomic E-state index is 0.567. The van der Waals surface area contributed by atoms with Gasteiger partial charge in [-0.25, -0.2) is 4.98 Å². The number of oxazole rings is 1. The van der Waals surface area contributed by atoms with Crippen LogP contribution in [0.1, 0.15) is 17.0 Å². The smallest absolute Gasteiger partial charge is 0.192 e. The number of hydrogen-bond donors (Lipinski definition) is 0. The first-order valence-corrected chi connectivity index (χ1v) is 3.99. The second kappa shape index (κ2) is 2.60. The average molecular weight is 172 g/mol. The number of hydrogen-bond acceptors (Lipinski definition) is 3. The van der Waals surface area contributed by atoms with E-state index in [0.29, 0.717) is 17.0 Å². The number of aryl methyl sites for hydroxylation is 2. The SMILES string of the molecule is Cc1nc2c(C#N)ccc(C)c2o1. The summed E-state index contributed by atoms with van der Waals surface area (Å²) in [6.45, 7) is 3.72. The summed E-state index contributed by atoms with van der Waals surface area (Å²) < 4.78 is 5.38. The van der Waals surface area contributed by atoms with Crippen LogP contribution in [-0.4, -0.2) is 4.98 Å². The topological polar surface area (TPSA) is 49.8 Å². The molecule has 0 saturated carbocycles.